The summed E-state index contributed by atoms with van der Waals surface area (Å²) in [6, 6.07) is 0. The van der Waals surface area contributed by atoms with Gasteiger partial charge in [0, 0.05) is 38.8 Å². The quantitative estimate of drug-likeness (QED) is 0.0562. The van der Waals surface area contributed by atoms with E-state index in [1.165, 1.54) is 148 Å². The topological polar surface area (TPSA) is 63.4 Å². The van der Waals surface area contributed by atoms with Crippen molar-refractivity contribution in [1.29, 1.82) is 0 Å². The Morgan fingerprint density at radius 2 is 0.761 bits per heavy atom. The SMILES string of the molecule is CCCCCCCCCCN(CCCCCCCCCC)C(=O)CCCCCCCCC#CC#CCCCCCCCCC(N)=O. The molecule has 0 bridgehead atoms. The Morgan fingerprint density at radius 1 is 0.435 bits per heavy atom. The predicted molar refractivity (Wildman–Crippen MR) is 200 cm³/mol. The van der Waals surface area contributed by atoms with Gasteiger partial charge in [-0.15, -0.1) is 0 Å². The molecule has 0 rings (SSSR count). The van der Waals surface area contributed by atoms with E-state index in [1.807, 2.05) is 0 Å². The summed E-state index contributed by atoms with van der Waals surface area (Å²) in [5.74, 6) is 12.6. The van der Waals surface area contributed by atoms with Gasteiger partial charge in [0.1, 0.15) is 0 Å². The summed E-state index contributed by atoms with van der Waals surface area (Å²) in [5.41, 5.74) is 5.16. The molecule has 266 valence electrons. The van der Waals surface area contributed by atoms with E-state index in [9.17, 15) is 9.59 Å². The fourth-order valence-corrected chi connectivity index (χ4v) is 6.02. The highest BCUT2D eigenvalue weighted by atomic mass is 16.2. The second-order valence-electron chi connectivity index (χ2n) is 13.6. The minimum atomic E-state index is -0.189. The zero-order valence-electron chi connectivity index (χ0n) is 30.9. The molecule has 4 heteroatoms. The highest BCUT2D eigenvalue weighted by Crippen LogP contribution is 2.14. The Hall–Kier alpha value is -1.94. The highest BCUT2D eigenvalue weighted by molar-refractivity contribution is 5.76. The number of rotatable bonds is 34. The van der Waals surface area contributed by atoms with Crippen LogP contribution in [0.2, 0.25) is 0 Å². The second kappa shape index (κ2) is 37.5. The standard InChI is InChI=1S/C42H76N2O2/c1-3-5-7-9-11-27-31-35-39-44(40-36-32-28-12-10-8-6-4-2)42(46)38-34-30-26-24-22-20-18-16-14-13-15-17-19-21-23-25-29-33-37-41(43)45/h3-12,17-40H2,1-2H3,(H2,43,45). The van der Waals surface area contributed by atoms with Crippen molar-refractivity contribution < 1.29 is 9.59 Å². The Kier molecular flexibility index (Phi) is 35.9. The summed E-state index contributed by atoms with van der Waals surface area (Å²) in [5, 5.41) is 0. The average molecular weight is 641 g/mol. The minimum absolute atomic E-state index is 0.189. The van der Waals surface area contributed by atoms with Crippen LogP contribution in [0.25, 0.3) is 0 Å². The maximum Gasteiger partial charge on any atom is 0.222 e. The van der Waals surface area contributed by atoms with Crippen LogP contribution in [0.4, 0.5) is 0 Å². The van der Waals surface area contributed by atoms with Crippen molar-refractivity contribution in [1.82, 2.24) is 4.90 Å². The lowest BCUT2D eigenvalue weighted by Crippen LogP contribution is -2.32. The third kappa shape index (κ3) is 34.9. The van der Waals surface area contributed by atoms with Crippen LogP contribution in [0.3, 0.4) is 0 Å². The maximum atomic E-state index is 13.1. The molecule has 2 amide bonds. The molecule has 0 unspecified atom stereocenters. The van der Waals surface area contributed by atoms with E-state index >= 15 is 0 Å². The lowest BCUT2D eigenvalue weighted by molar-refractivity contribution is -0.131. The average Bonchev–Trinajstić information content (AvgIpc) is 3.05. The van der Waals surface area contributed by atoms with Crippen LogP contribution in [-0.2, 0) is 9.59 Å². The van der Waals surface area contributed by atoms with Gasteiger partial charge in [-0.3, -0.25) is 9.59 Å². The van der Waals surface area contributed by atoms with Crippen molar-refractivity contribution in [3.05, 3.63) is 0 Å². The monoisotopic (exact) mass is 641 g/mol. The molecule has 2 N–H and O–H groups in total. The van der Waals surface area contributed by atoms with Gasteiger partial charge in [0.05, 0.1) is 0 Å². The summed E-state index contributed by atoms with van der Waals surface area (Å²) < 4.78 is 0. The smallest absolute Gasteiger partial charge is 0.222 e. The van der Waals surface area contributed by atoms with Gasteiger partial charge in [-0.2, -0.15) is 0 Å². The van der Waals surface area contributed by atoms with Crippen LogP contribution in [0.1, 0.15) is 219 Å². The Labute approximate surface area is 287 Å². The first-order chi connectivity index (χ1) is 22.6. The number of carbonyl (C=O) groups excluding carboxylic acids is 2. The van der Waals surface area contributed by atoms with Crippen molar-refractivity contribution in [2.24, 2.45) is 5.73 Å². The molecule has 0 aliphatic carbocycles. The summed E-state index contributed by atoms with van der Waals surface area (Å²) in [6.07, 6.45) is 38.0. The number of amides is 2. The Bertz CT molecular complexity index is 780. The molecule has 0 saturated carbocycles. The summed E-state index contributed by atoms with van der Waals surface area (Å²) in [4.78, 5) is 26.0. The third-order valence-electron chi connectivity index (χ3n) is 9.07. The van der Waals surface area contributed by atoms with E-state index in [4.69, 9.17) is 5.73 Å². The number of nitrogens with two attached hydrogens (primary N) is 1. The van der Waals surface area contributed by atoms with Gasteiger partial charge in [-0.05, 0) is 50.4 Å². The number of nitrogens with zero attached hydrogens (tertiary/aromatic N) is 1. The van der Waals surface area contributed by atoms with Crippen LogP contribution in [0.5, 0.6) is 0 Å². The molecule has 0 heterocycles. The molecule has 0 fully saturated rings. The largest absolute Gasteiger partial charge is 0.370 e. The minimum Gasteiger partial charge on any atom is -0.370 e. The summed E-state index contributed by atoms with van der Waals surface area (Å²) in [7, 11) is 0. The van der Waals surface area contributed by atoms with E-state index in [1.54, 1.807) is 0 Å². The summed E-state index contributed by atoms with van der Waals surface area (Å²) in [6.45, 7) is 6.49. The van der Waals surface area contributed by atoms with Crippen LogP contribution >= 0.6 is 0 Å². The summed E-state index contributed by atoms with van der Waals surface area (Å²) >= 11 is 0. The van der Waals surface area contributed by atoms with Gasteiger partial charge in [-0.25, -0.2) is 0 Å². The molecule has 0 aliphatic rings. The van der Waals surface area contributed by atoms with Crippen molar-refractivity contribution in [2.45, 2.75) is 219 Å². The van der Waals surface area contributed by atoms with Crippen LogP contribution in [-0.4, -0.2) is 29.8 Å². The molecule has 0 aromatic rings. The van der Waals surface area contributed by atoms with Crippen LogP contribution in [0, 0.1) is 23.7 Å². The van der Waals surface area contributed by atoms with Crippen molar-refractivity contribution in [3.8, 4) is 23.7 Å². The molecule has 0 aromatic carbocycles. The van der Waals surface area contributed by atoms with E-state index < -0.39 is 0 Å². The van der Waals surface area contributed by atoms with Crippen molar-refractivity contribution in [3.63, 3.8) is 0 Å². The lowest BCUT2D eigenvalue weighted by atomic mass is 10.1. The number of primary amides is 1. The molecule has 46 heavy (non-hydrogen) atoms. The zero-order chi connectivity index (χ0) is 33.6. The number of hydrogen-bond acceptors (Lipinski definition) is 2. The first-order valence-electron chi connectivity index (χ1n) is 20.1. The molecule has 0 spiro atoms. The number of unbranched alkanes of at least 4 members (excludes halogenated alkanes) is 26. The molecular weight excluding hydrogens is 564 g/mol. The van der Waals surface area contributed by atoms with Gasteiger partial charge in [0.25, 0.3) is 0 Å². The molecule has 0 atom stereocenters. The second-order valence-corrected chi connectivity index (χ2v) is 13.6. The van der Waals surface area contributed by atoms with Gasteiger partial charge in [-0.1, -0.05) is 167 Å². The van der Waals surface area contributed by atoms with E-state index in [0.717, 1.165) is 64.5 Å². The molecule has 4 nitrogen and oxygen atoms in total. The molecule has 0 saturated heterocycles. The fourth-order valence-electron chi connectivity index (χ4n) is 6.02. The van der Waals surface area contributed by atoms with E-state index in [0.29, 0.717) is 12.3 Å². The Morgan fingerprint density at radius 3 is 1.15 bits per heavy atom. The molecule has 0 aliphatic heterocycles. The van der Waals surface area contributed by atoms with Crippen LogP contribution in [0.15, 0.2) is 0 Å². The maximum absolute atomic E-state index is 13.1. The molecule has 0 aromatic heterocycles. The zero-order valence-corrected chi connectivity index (χ0v) is 30.9. The van der Waals surface area contributed by atoms with Gasteiger partial charge >= 0.3 is 0 Å². The van der Waals surface area contributed by atoms with Gasteiger partial charge < -0.3 is 10.6 Å². The van der Waals surface area contributed by atoms with E-state index in [-0.39, 0.29) is 5.91 Å². The van der Waals surface area contributed by atoms with Gasteiger partial charge in [0.2, 0.25) is 11.8 Å². The first-order valence-corrected chi connectivity index (χ1v) is 20.1. The first kappa shape index (κ1) is 44.1. The fraction of sp³-hybridized carbons (Fsp3) is 0.857. The molecule has 0 radical (unpaired) electrons. The number of hydrogen-bond donors (Lipinski definition) is 1. The molecular formula is C42H76N2O2. The predicted octanol–water partition coefficient (Wildman–Crippen LogP) is 11.8. The van der Waals surface area contributed by atoms with Crippen molar-refractivity contribution in [2.75, 3.05) is 13.1 Å². The highest BCUT2D eigenvalue weighted by Gasteiger charge is 2.12. The third-order valence-corrected chi connectivity index (χ3v) is 9.07. The van der Waals surface area contributed by atoms with Crippen LogP contribution < -0.4 is 5.73 Å². The number of carbonyl (C=O) groups is 2. The van der Waals surface area contributed by atoms with Gasteiger partial charge in [0.15, 0.2) is 0 Å². The van der Waals surface area contributed by atoms with E-state index in [2.05, 4.69) is 42.4 Å². The van der Waals surface area contributed by atoms with Crippen molar-refractivity contribution >= 4 is 11.8 Å². The normalized spacial score (nSPS) is 10.7. The Balaban J connectivity index is 3.96. The lowest BCUT2D eigenvalue weighted by Gasteiger charge is -2.23.